The fourth-order valence-corrected chi connectivity index (χ4v) is 3.35. The first-order valence-electron chi connectivity index (χ1n) is 4.31. The summed E-state index contributed by atoms with van der Waals surface area (Å²) in [4.78, 5) is 22.4. The molecule has 0 aromatic carbocycles. The van der Waals surface area contributed by atoms with E-state index in [0.29, 0.717) is 12.8 Å². The summed E-state index contributed by atoms with van der Waals surface area (Å²) >= 11 is 0. The van der Waals surface area contributed by atoms with Crippen LogP contribution in [0.25, 0.3) is 0 Å². The van der Waals surface area contributed by atoms with Crippen LogP contribution in [0.3, 0.4) is 0 Å². The number of amides is 3. The fraction of sp³-hybridized carbons (Fsp3) is 0.714. The summed E-state index contributed by atoms with van der Waals surface area (Å²) in [6.45, 7) is 0. The second-order valence-corrected chi connectivity index (χ2v) is 6.15. The van der Waals surface area contributed by atoms with Crippen molar-refractivity contribution in [1.29, 1.82) is 4.78 Å². The Balaban J connectivity index is 2.21. The second-order valence-electron chi connectivity index (χ2n) is 3.71. The zero-order valence-corrected chi connectivity index (χ0v) is 8.28. The molecule has 2 aliphatic heterocycles. The van der Waals surface area contributed by atoms with Crippen LogP contribution >= 0.6 is 0 Å². The van der Waals surface area contributed by atoms with E-state index in [1.165, 1.54) is 0 Å². The number of rotatable bonds is 0. The zero-order chi connectivity index (χ0) is 10.4. The van der Waals surface area contributed by atoms with Crippen molar-refractivity contribution in [2.75, 3.05) is 11.5 Å². The van der Waals surface area contributed by atoms with Gasteiger partial charge in [0.05, 0.1) is 0 Å². The predicted molar refractivity (Wildman–Crippen MR) is 49.2 cm³/mol. The summed E-state index contributed by atoms with van der Waals surface area (Å²) in [6, 6.07) is -0.492. The number of hydrogen-bond donors (Lipinski definition) is 3. The van der Waals surface area contributed by atoms with Gasteiger partial charge >= 0.3 is 6.03 Å². The quantitative estimate of drug-likeness (QED) is 0.473. The average Bonchev–Trinajstić information content (AvgIpc) is 2.35. The Labute approximate surface area is 81.4 Å². The number of nitrogens with one attached hydrogen (secondary N) is 3. The monoisotopic (exact) mass is 217 g/mol. The summed E-state index contributed by atoms with van der Waals surface area (Å²) < 4.78 is 18.7. The first-order chi connectivity index (χ1) is 6.44. The molecule has 1 spiro atoms. The molecule has 0 saturated carbocycles. The smallest absolute Gasteiger partial charge is 0.322 e. The van der Waals surface area contributed by atoms with Crippen LogP contribution in [0, 0.1) is 4.78 Å². The summed E-state index contributed by atoms with van der Waals surface area (Å²) in [7, 11) is -2.52. The summed E-state index contributed by atoms with van der Waals surface area (Å²) in [5, 5.41) is 4.71. The SMILES string of the molecule is N=S1(=O)CCC2(CC1)NC(=O)NC2=O. The van der Waals surface area contributed by atoms with E-state index in [1.54, 1.807) is 0 Å². The standard InChI is InChI=1S/C7H11N3O3S/c8-14(13)3-1-7(2-4-14)5(11)9-6(12)10-7/h8H,1-4H2,(H2,9,10,11,12). The van der Waals surface area contributed by atoms with Crippen molar-refractivity contribution < 1.29 is 13.8 Å². The lowest BCUT2D eigenvalue weighted by atomic mass is 9.93. The van der Waals surface area contributed by atoms with E-state index in [2.05, 4.69) is 10.6 Å². The number of imide groups is 1. The molecule has 0 aromatic rings. The van der Waals surface area contributed by atoms with E-state index in [9.17, 15) is 13.8 Å². The fourth-order valence-electron chi connectivity index (χ4n) is 1.79. The molecule has 3 amide bonds. The molecular weight excluding hydrogens is 206 g/mol. The van der Waals surface area contributed by atoms with Crippen molar-refractivity contribution in [2.45, 2.75) is 18.4 Å². The van der Waals surface area contributed by atoms with Crippen molar-refractivity contribution in [2.24, 2.45) is 0 Å². The molecule has 2 heterocycles. The minimum Gasteiger partial charge on any atom is -0.323 e. The maximum atomic E-state index is 11.4. The van der Waals surface area contributed by atoms with E-state index in [1.807, 2.05) is 0 Å². The van der Waals surface area contributed by atoms with Crippen LogP contribution in [-0.4, -0.2) is 33.2 Å². The second kappa shape index (κ2) is 2.69. The summed E-state index contributed by atoms with van der Waals surface area (Å²) in [5.74, 6) is 0.0129. The molecule has 0 atom stereocenters. The van der Waals surface area contributed by atoms with Gasteiger partial charge in [-0.25, -0.2) is 9.00 Å². The highest BCUT2D eigenvalue weighted by Gasteiger charge is 2.48. The first-order valence-corrected chi connectivity index (χ1v) is 6.21. The molecule has 14 heavy (non-hydrogen) atoms. The Bertz CT molecular complexity index is 386. The molecule has 3 N–H and O–H groups in total. The molecule has 0 unspecified atom stereocenters. The third kappa shape index (κ3) is 1.37. The Morgan fingerprint density at radius 3 is 2.29 bits per heavy atom. The molecule has 2 aliphatic rings. The minimum atomic E-state index is -2.52. The lowest BCUT2D eigenvalue weighted by Gasteiger charge is -2.30. The molecule has 0 bridgehead atoms. The normalized spacial score (nSPS) is 42.3. The van der Waals surface area contributed by atoms with Gasteiger partial charge in [0.25, 0.3) is 5.91 Å². The molecule has 2 saturated heterocycles. The highest BCUT2D eigenvalue weighted by Crippen LogP contribution is 2.26. The summed E-state index contributed by atoms with van der Waals surface area (Å²) in [5.41, 5.74) is -0.890. The van der Waals surface area contributed by atoms with Crippen LogP contribution in [0.5, 0.6) is 0 Å². The van der Waals surface area contributed by atoms with Gasteiger partial charge in [-0.2, -0.15) is 0 Å². The van der Waals surface area contributed by atoms with Crippen LogP contribution in [0.2, 0.25) is 0 Å². The van der Waals surface area contributed by atoms with Crippen molar-refractivity contribution in [1.82, 2.24) is 10.6 Å². The van der Waals surface area contributed by atoms with Gasteiger partial charge in [-0.3, -0.25) is 14.9 Å². The van der Waals surface area contributed by atoms with Crippen LogP contribution in [-0.2, 0) is 14.5 Å². The van der Waals surface area contributed by atoms with Gasteiger partial charge in [-0.15, -0.1) is 0 Å². The van der Waals surface area contributed by atoms with Crippen molar-refractivity contribution >= 4 is 21.7 Å². The predicted octanol–water partition coefficient (Wildman–Crippen LogP) is -0.595. The van der Waals surface area contributed by atoms with Gasteiger partial charge in [0.15, 0.2) is 0 Å². The highest BCUT2D eigenvalue weighted by molar-refractivity contribution is 7.92. The maximum Gasteiger partial charge on any atom is 0.322 e. The van der Waals surface area contributed by atoms with Crippen molar-refractivity contribution in [3.63, 3.8) is 0 Å². The van der Waals surface area contributed by atoms with E-state index in [-0.39, 0.29) is 17.4 Å². The molecule has 0 aliphatic carbocycles. The van der Waals surface area contributed by atoms with Crippen LogP contribution in [0.1, 0.15) is 12.8 Å². The minimum absolute atomic E-state index is 0.181. The van der Waals surface area contributed by atoms with Gasteiger partial charge < -0.3 is 5.32 Å². The molecule has 0 radical (unpaired) electrons. The van der Waals surface area contributed by atoms with Gasteiger partial charge in [-0.1, -0.05) is 0 Å². The average molecular weight is 217 g/mol. The molecule has 7 heteroatoms. The van der Waals surface area contributed by atoms with Gasteiger partial charge in [0.2, 0.25) is 0 Å². The van der Waals surface area contributed by atoms with Gasteiger partial charge in [0, 0.05) is 21.2 Å². The first kappa shape index (κ1) is 9.45. The third-order valence-corrected chi connectivity index (χ3v) is 4.46. The molecule has 2 fully saturated rings. The molecule has 6 nitrogen and oxygen atoms in total. The molecule has 2 rings (SSSR count). The van der Waals surface area contributed by atoms with E-state index >= 15 is 0 Å². The van der Waals surface area contributed by atoms with E-state index < -0.39 is 21.3 Å². The Morgan fingerprint density at radius 1 is 1.29 bits per heavy atom. The van der Waals surface area contributed by atoms with Crippen molar-refractivity contribution in [3.05, 3.63) is 0 Å². The number of carbonyl (C=O) groups excluding carboxylic acids is 2. The number of hydrogen-bond acceptors (Lipinski definition) is 4. The van der Waals surface area contributed by atoms with Crippen LogP contribution in [0.4, 0.5) is 4.79 Å². The lowest BCUT2D eigenvalue weighted by Crippen LogP contribution is -2.52. The maximum absolute atomic E-state index is 11.4. The molecule has 0 aromatic heterocycles. The number of urea groups is 1. The highest BCUT2D eigenvalue weighted by atomic mass is 32.2. The van der Waals surface area contributed by atoms with Gasteiger partial charge in [0.1, 0.15) is 5.54 Å². The van der Waals surface area contributed by atoms with Crippen molar-refractivity contribution in [3.8, 4) is 0 Å². The number of carbonyl (C=O) groups is 2. The Hall–Kier alpha value is -1.11. The van der Waals surface area contributed by atoms with E-state index in [4.69, 9.17) is 4.78 Å². The Kier molecular flexibility index (Phi) is 1.82. The zero-order valence-electron chi connectivity index (χ0n) is 7.46. The van der Waals surface area contributed by atoms with Crippen LogP contribution in [0.15, 0.2) is 0 Å². The van der Waals surface area contributed by atoms with Gasteiger partial charge in [-0.05, 0) is 12.8 Å². The molecular formula is C7H11N3O3S. The summed E-state index contributed by atoms with van der Waals surface area (Å²) in [6.07, 6.45) is 0.597. The topological polar surface area (TPSA) is 99.1 Å². The third-order valence-electron chi connectivity index (χ3n) is 2.73. The van der Waals surface area contributed by atoms with E-state index in [0.717, 1.165) is 0 Å². The largest absolute Gasteiger partial charge is 0.323 e. The molecule has 78 valence electrons. The van der Waals surface area contributed by atoms with Crippen LogP contribution < -0.4 is 10.6 Å². The lowest BCUT2D eigenvalue weighted by molar-refractivity contribution is -0.124. The Morgan fingerprint density at radius 2 is 1.86 bits per heavy atom.